The van der Waals surface area contributed by atoms with Crippen LogP contribution in [0.4, 0.5) is 4.39 Å². The van der Waals surface area contributed by atoms with E-state index in [0.717, 1.165) is 18.4 Å². The average molecular weight is 271 g/mol. The lowest BCUT2D eigenvalue weighted by atomic mass is 9.90. The van der Waals surface area contributed by atoms with Crippen molar-refractivity contribution in [3.05, 3.63) is 70.5 Å². The van der Waals surface area contributed by atoms with Crippen LogP contribution in [0.25, 0.3) is 0 Å². The second kappa shape index (κ2) is 6.67. The summed E-state index contributed by atoms with van der Waals surface area (Å²) >= 11 is 0. The molecule has 20 heavy (non-hydrogen) atoms. The molecule has 106 valence electrons. The summed E-state index contributed by atoms with van der Waals surface area (Å²) in [7, 11) is 0. The molecule has 1 nitrogen and oxygen atoms in total. The summed E-state index contributed by atoms with van der Waals surface area (Å²) < 4.78 is 13.2. The quantitative estimate of drug-likeness (QED) is 0.879. The van der Waals surface area contributed by atoms with E-state index in [1.807, 2.05) is 6.07 Å². The van der Waals surface area contributed by atoms with Gasteiger partial charge < -0.3 is 5.73 Å². The SMILES string of the molecule is Cc1ccc(CC(CN)Cc2cccc(F)c2)c(C)c1. The molecule has 0 aliphatic rings. The summed E-state index contributed by atoms with van der Waals surface area (Å²) in [4.78, 5) is 0. The van der Waals surface area contributed by atoms with Crippen molar-refractivity contribution < 1.29 is 4.39 Å². The summed E-state index contributed by atoms with van der Waals surface area (Å²) in [5.74, 6) is 0.169. The van der Waals surface area contributed by atoms with Crippen LogP contribution in [0, 0.1) is 25.6 Å². The van der Waals surface area contributed by atoms with Gasteiger partial charge in [-0.1, -0.05) is 35.9 Å². The van der Waals surface area contributed by atoms with E-state index in [-0.39, 0.29) is 5.82 Å². The first-order valence-corrected chi connectivity index (χ1v) is 7.09. The Morgan fingerprint density at radius 2 is 1.85 bits per heavy atom. The van der Waals surface area contributed by atoms with Gasteiger partial charge in [-0.15, -0.1) is 0 Å². The van der Waals surface area contributed by atoms with E-state index in [9.17, 15) is 4.39 Å². The maximum absolute atomic E-state index is 13.2. The van der Waals surface area contributed by atoms with Gasteiger partial charge in [0, 0.05) is 0 Å². The third-order valence-corrected chi connectivity index (χ3v) is 3.75. The van der Waals surface area contributed by atoms with Crippen LogP contribution >= 0.6 is 0 Å². The molecule has 0 saturated carbocycles. The minimum atomic E-state index is -0.176. The molecule has 2 aromatic rings. The molecule has 0 aromatic heterocycles. The molecule has 0 saturated heterocycles. The standard InChI is InChI=1S/C18H22FN/c1-13-6-7-17(14(2)8-13)10-16(12-20)9-15-4-3-5-18(19)11-15/h3-8,11,16H,9-10,12,20H2,1-2H3. The first kappa shape index (κ1) is 14.7. The maximum Gasteiger partial charge on any atom is 0.123 e. The van der Waals surface area contributed by atoms with Crippen molar-refractivity contribution in [2.45, 2.75) is 26.7 Å². The van der Waals surface area contributed by atoms with Crippen LogP contribution in [-0.4, -0.2) is 6.54 Å². The van der Waals surface area contributed by atoms with Crippen molar-refractivity contribution in [3.8, 4) is 0 Å². The summed E-state index contributed by atoms with van der Waals surface area (Å²) in [5.41, 5.74) is 10.8. The third kappa shape index (κ3) is 3.91. The Morgan fingerprint density at radius 1 is 1.05 bits per heavy atom. The Morgan fingerprint density at radius 3 is 2.50 bits per heavy atom. The van der Waals surface area contributed by atoms with E-state index < -0.39 is 0 Å². The lowest BCUT2D eigenvalue weighted by Gasteiger charge is -2.17. The number of benzene rings is 2. The fourth-order valence-electron chi connectivity index (χ4n) is 2.62. The monoisotopic (exact) mass is 271 g/mol. The molecule has 0 aliphatic carbocycles. The highest BCUT2D eigenvalue weighted by molar-refractivity contribution is 5.31. The van der Waals surface area contributed by atoms with E-state index in [4.69, 9.17) is 5.73 Å². The number of halogens is 1. The van der Waals surface area contributed by atoms with E-state index in [1.165, 1.54) is 22.8 Å². The predicted molar refractivity (Wildman–Crippen MR) is 82.3 cm³/mol. The summed E-state index contributed by atoms with van der Waals surface area (Å²) in [6, 6.07) is 13.3. The van der Waals surface area contributed by atoms with Gasteiger partial charge in [-0.3, -0.25) is 0 Å². The summed E-state index contributed by atoms with van der Waals surface area (Å²) in [6.45, 7) is 4.85. The Hall–Kier alpha value is -1.67. The number of aryl methyl sites for hydroxylation is 2. The minimum Gasteiger partial charge on any atom is -0.330 e. The molecule has 0 aliphatic heterocycles. The topological polar surface area (TPSA) is 26.0 Å². The average Bonchev–Trinajstić information content (AvgIpc) is 2.41. The molecular weight excluding hydrogens is 249 g/mol. The van der Waals surface area contributed by atoms with E-state index in [2.05, 4.69) is 32.0 Å². The van der Waals surface area contributed by atoms with Crippen molar-refractivity contribution in [1.29, 1.82) is 0 Å². The van der Waals surface area contributed by atoms with Crippen molar-refractivity contribution in [2.24, 2.45) is 11.7 Å². The van der Waals surface area contributed by atoms with Crippen molar-refractivity contribution >= 4 is 0 Å². The van der Waals surface area contributed by atoms with Crippen molar-refractivity contribution in [2.75, 3.05) is 6.54 Å². The van der Waals surface area contributed by atoms with Crippen molar-refractivity contribution in [1.82, 2.24) is 0 Å². The van der Waals surface area contributed by atoms with Gasteiger partial charge in [-0.05, 0) is 68.0 Å². The smallest absolute Gasteiger partial charge is 0.123 e. The molecule has 2 heteroatoms. The molecule has 0 radical (unpaired) electrons. The number of hydrogen-bond acceptors (Lipinski definition) is 1. The lowest BCUT2D eigenvalue weighted by Crippen LogP contribution is -2.20. The summed E-state index contributed by atoms with van der Waals surface area (Å²) in [5, 5.41) is 0. The molecule has 2 N–H and O–H groups in total. The Balaban J connectivity index is 2.09. The zero-order valence-electron chi connectivity index (χ0n) is 12.2. The normalized spacial score (nSPS) is 12.4. The van der Waals surface area contributed by atoms with Gasteiger partial charge in [0.25, 0.3) is 0 Å². The van der Waals surface area contributed by atoms with E-state index >= 15 is 0 Å². The molecule has 2 rings (SSSR count). The molecule has 0 spiro atoms. The van der Waals surface area contributed by atoms with Gasteiger partial charge >= 0.3 is 0 Å². The van der Waals surface area contributed by atoms with Gasteiger partial charge in [0.05, 0.1) is 0 Å². The van der Waals surface area contributed by atoms with Gasteiger partial charge in [0.15, 0.2) is 0 Å². The lowest BCUT2D eigenvalue weighted by molar-refractivity contribution is 0.529. The molecule has 0 fully saturated rings. The third-order valence-electron chi connectivity index (χ3n) is 3.75. The highest BCUT2D eigenvalue weighted by Crippen LogP contribution is 2.18. The summed E-state index contributed by atoms with van der Waals surface area (Å²) in [6.07, 6.45) is 1.76. The predicted octanol–water partition coefficient (Wildman–Crippen LogP) is 3.80. The molecule has 0 amide bonds. The van der Waals surface area contributed by atoms with Crippen molar-refractivity contribution in [3.63, 3.8) is 0 Å². The van der Waals surface area contributed by atoms with Gasteiger partial charge in [0.1, 0.15) is 5.82 Å². The van der Waals surface area contributed by atoms with Crippen LogP contribution in [0.2, 0.25) is 0 Å². The second-order valence-electron chi connectivity index (χ2n) is 5.57. The van der Waals surface area contributed by atoms with Crippen LogP contribution in [0.15, 0.2) is 42.5 Å². The maximum atomic E-state index is 13.2. The first-order valence-electron chi connectivity index (χ1n) is 7.09. The van der Waals surface area contributed by atoms with Gasteiger partial charge in [0.2, 0.25) is 0 Å². The zero-order chi connectivity index (χ0) is 14.5. The van der Waals surface area contributed by atoms with Gasteiger partial charge in [-0.2, -0.15) is 0 Å². The highest BCUT2D eigenvalue weighted by atomic mass is 19.1. The minimum absolute atomic E-state index is 0.176. The molecule has 0 heterocycles. The Labute approximate surface area is 120 Å². The van der Waals surface area contributed by atoms with Crippen LogP contribution in [0.5, 0.6) is 0 Å². The van der Waals surface area contributed by atoms with E-state index in [1.54, 1.807) is 12.1 Å². The molecule has 0 bridgehead atoms. The Kier molecular flexibility index (Phi) is 4.91. The number of rotatable bonds is 5. The van der Waals surface area contributed by atoms with Gasteiger partial charge in [-0.25, -0.2) is 4.39 Å². The highest BCUT2D eigenvalue weighted by Gasteiger charge is 2.11. The van der Waals surface area contributed by atoms with Crippen LogP contribution < -0.4 is 5.73 Å². The molecular formula is C18H22FN. The zero-order valence-corrected chi connectivity index (χ0v) is 12.2. The largest absolute Gasteiger partial charge is 0.330 e. The van der Waals surface area contributed by atoms with E-state index in [0.29, 0.717) is 12.5 Å². The molecule has 2 aromatic carbocycles. The number of hydrogen-bond donors (Lipinski definition) is 1. The van der Waals surface area contributed by atoms with Crippen LogP contribution in [0.3, 0.4) is 0 Å². The Bertz CT molecular complexity index is 577. The first-order chi connectivity index (χ1) is 9.58. The molecule has 1 atom stereocenters. The fourth-order valence-corrected chi connectivity index (χ4v) is 2.62. The number of nitrogens with two attached hydrogens (primary N) is 1. The molecule has 1 unspecified atom stereocenters. The second-order valence-corrected chi connectivity index (χ2v) is 5.57. The fraction of sp³-hybridized carbons (Fsp3) is 0.333. The van der Waals surface area contributed by atoms with Crippen LogP contribution in [-0.2, 0) is 12.8 Å². The van der Waals surface area contributed by atoms with Crippen LogP contribution in [0.1, 0.15) is 22.3 Å².